The quantitative estimate of drug-likeness (QED) is 0.458. The van der Waals surface area contributed by atoms with E-state index in [-0.39, 0.29) is 18.3 Å². The molecule has 2 aliphatic heterocycles. The van der Waals surface area contributed by atoms with Crippen LogP contribution in [0.25, 0.3) is 11.6 Å². The normalized spacial score (nSPS) is 17.0. The standard InChI is InChI=1S/C27H35N3O4.ClH/c1-4-28(5-2)14-17-34-22-10-11-26(32-3)21(18-22)19-24-23-8-6-7-9-25(23)30(27(24)31)20-29-12-15-33-16-13-29;/h6-11,18-19H,4-5,12-17,20H2,1-3H3;1H/b24-19+;. The molecule has 0 N–H and O–H groups in total. The summed E-state index contributed by atoms with van der Waals surface area (Å²) in [5.41, 5.74) is 3.38. The minimum atomic E-state index is 0. The topological polar surface area (TPSA) is 54.5 Å². The molecule has 1 saturated heterocycles. The van der Waals surface area contributed by atoms with E-state index in [1.807, 2.05) is 53.4 Å². The van der Waals surface area contributed by atoms with Crippen molar-refractivity contribution in [3.8, 4) is 11.5 Å². The predicted molar refractivity (Wildman–Crippen MR) is 143 cm³/mol. The van der Waals surface area contributed by atoms with Gasteiger partial charge < -0.3 is 19.1 Å². The number of hydrogen-bond acceptors (Lipinski definition) is 6. The van der Waals surface area contributed by atoms with Gasteiger partial charge in [-0.15, -0.1) is 12.4 Å². The van der Waals surface area contributed by atoms with Gasteiger partial charge in [-0.05, 0) is 43.4 Å². The van der Waals surface area contributed by atoms with Crippen molar-refractivity contribution < 1.29 is 19.0 Å². The lowest BCUT2D eigenvalue weighted by molar-refractivity contribution is -0.113. The minimum Gasteiger partial charge on any atom is -0.496 e. The van der Waals surface area contributed by atoms with Crippen molar-refractivity contribution >= 4 is 35.7 Å². The average Bonchev–Trinajstić information content (AvgIpc) is 3.13. The van der Waals surface area contributed by atoms with Crippen LogP contribution in [0.4, 0.5) is 5.69 Å². The molecule has 0 radical (unpaired) electrons. The Hall–Kier alpha value is -2.58. The molecule has 7 nitrogen and oxygen atoms in total. The maximum absolute atomic E-state index is 13.6. The predicted octanol–water partition coefficient (Wildman–Crippen LogP) is 4.01. The number of ether oxygens (including phenoxy) is 3. The number of halogens is 1. The van der Waals surface area contributed by atoms with Crippen LogP contribution in [0.3, 0.4) is 0 Å². The number of methoxy groups -OCH3 is 1. The number of likely N-dealkylation sites (N-methyl/N-ethyl adjacent to an activating group) is 1. The first kappa shape index (κ1) is 27.0. The van der Waals surface area contributed by atoms with E-state index in [9.17, 15) is 4.79 Å². The fourth-order valence-electron chi connectivity index (χ4n) is 4.43. The van der Waals surface area contributed by atoms with Crippen LogP contribution in [-0.4, -0.2) is 82.0 Å². The Morgan fingerprint density at radius 3 is 2.54 bits per heavy atom. The van der Waals surface area contributed by atoms with Gasteiger partial charge in [0.25, 0.3) is 5.91 Å². The zero-order valence-electron chi connectivity index (χ0n) is 20.9. The number of anilines is 1. The second-order valence-corrected chi connectivity index (χ2v) is 8.46. The van der Waals surface area contributed by atoms with E-state index in [0.29, 0.717) is 37.8 Å². The highest BCUT2D eigenvalue weighted by Crippen LogP contribution is 2.39. The summed E-state index contributed by atoms with van der Waals surface area (Å²) in [7, 11) is 1.65. The second-order valence-electron chi connectivity index (χ2n) is 8.46. The van der Waals surface area contributed by atoms with E-state index in [4.69, 9.17) is 14.2 Å². The smallest absolute Gasteiger partial charge is 0.260 e. The molecule has 0 aliphatic carbocycles. The summed E-state index contributed by atoms with van der Waals surface area (Å²) in [6, 6.07) is 13.7. The van der Waals surface area contributed by atoms with Crippen molar-refractivity contribution in [1.82, 2.24) is 9.80 Å². The third-order valence-corrected chi connectivity index (χ3v) is 6.48. The number of benzene rings is 2. The summed E-state index contributed by atoms with van der Waals surface area (Å²) < 4.78 is 17.1. The fraction of sp³-hybridized carbons (Fsp3) is 0.444. The molecular weight excluding hydrogens is 466 g/mol. The van der Waals surface area contributed by atoms with Gasteiger partial charge in [0, 0.05) is 36.3 Å². The van der Waals surface area contributed by atoms with Crippen LogP contribution in [0.5, 0.6) is 11.5 Å². The molecule has 190 valence electrons. The number of hydrogen-bond donors (Lipinski definition) is 0. The summed E-state index contributed by atoms with van der Waals surface area (Å²) in [6.45, 7) is 11.4. The summed E-state index contributed by atoms with van der Waals surface area (Å²) in [5.74, 6) is 1.48. The molecular formula is C27H36ClN3O4. The Morgan fingerprint density at radius 1 is 1.09 bits per heavy atom. The van der Waals surface area contributed by atoms with E-state index >= 15 is 0 Å². The number of carbonyl (C=O) groups excluding carboxylic acids is 1. The molecule has 0 atom stereocenters. The zero-order valence-corrected chi connectivity index (χ0v) is 21.7. The molecule has 1 amide bonds. The average molecular weight is 502 g/mol. The van der Waals surface area contributed by atoms with E-state index in [1.165, 1.54) is 0 Å². The van der Waals surface area contributed by atoms with Gasteiger partial charge in [-0.2, -0.15) is 0 Å². The van der Waals surface area contributed by atoms with Crippen molar-refractivity contribution in [2.24, 2.45) is 0 Å². The van der Waals surface area contributed by atoms with Crippen LogP contribution < -0.4 is 14.4 Å². The molecule has 0 bridgehead atoms. The first-order valence-electron chi connectivity index (χ1n) is 12.1. The maximum atomic E-state index is 13.6. The van der Waals surface area contributed by atoms with Crippen LogP contribution in [0.2, 0.25) is 0 Å². The SMILES string of the molecule is CCN(CC)CCOc1ccc(OC)c(/C=C2/C(=O)N(CN3CCOCC3)c3ccccc32)c1.Cl. The summed E-state index contributed by atoms with van der Waals surface area (Å²) in [5, 5.41) is 0. The molecule has 1 fully saturated rings. The van der Waals surface area contributed by atoms with Crippen molar-refractivity contribution in [3.05, 3.63) is 53.6 Å². The number of carbonyl (C=O) groups is 1. The molecule has 4 rings (SSSR count). The lowest BCUT2D eigenvalue weighted by Crippen LogP contribution is -2.45. The first-order chi connectivity index (χ1) is 16.6. The third-order valence-electron chi connectivity index (χ3n) is 6.48. The Balaban J connectivity index is 0.00000342. The Bertz CT molecular complexity index is 1020. The minimum absolute atomic E-state index is 0. The van der Waals surface area contributed by atoms with E-state index < -0.39 is 0 Å². The third kappa shape index (κ3) is 6.35. The maximum Gasteiger partial charge on any atom is 0.260 e. The van der Waals surface area contributed by atoms with E-state index in [1.54, 1.807) is 7.11 Å². The highest BCUT2D eigenvalue weighted by Gasteiger charge is 2.33. The Morgan fingerprint density at radius 2 is 1.83 bits per heavy atom. The van der Waals surface area contributed by atoms with Gasteiger partial charge in [0.1, 0.15) is 18.1 Å². The summed E-state index contributed by atoms with van der Waals surface area (Å²) in [4.78, 5) is 20.0. The van der Waals surface area contributed by atoms with Crippen molar-refractivity contribution in [3.63, 3.8) is 0 Å². The number of rotatable bonds is 10. The number of morpholine rings is 1. The molecule has 0 unspecified atom stereocenters. The number of fused-ring (bicyclic) bond motifs is 1. The van der Waals surface area contributed by atoms with Crippen LogP contribution in [-0.2, 0) is 9.53 Å². The van der Waals surface area contributed by atoms with Gasteiger partial charge in [-0.25, -0.2) is 0 Å². The van der Waals surface area contributed by atoms with Crippen molar-refractivity contribution in [2.75, 3.05) is 71.2 Å². The monoisotopic (exact) mass is 501 g/mol. The molecule has 2 aromatic rings. The fourth-order valence-corrected chi connectivity index (χ4v) is 4.43. The van der Waals surface area contributed by atoms with Gasteiger partial charge in [0.2, 0.25) is 0 Å². The van der Waals surface area contributed by atoms with Gasteiger partial charge in [0.15, 0.2) is 0 Å². The molecule has 2 aliphatic rings. The van der Waals surface area contributed by atoms with Gasteiger partial charge in [-0.3, -0.25) is 14.6 Å². The lowest BCUT2D eigenvalue weighted by Gasteiger charge is -2.30. The number of nitrogens with zero attached hydrogens (tertiary/aromatic N) is 3. The van der Waals surface area contributed by atoms with E-state index in [0.717, 1.165) is 55.3 Å². The summed E-state index contributed by atoms with van der Waals surface area (Å²) in [6.07, 6.45) is 1.93. The van der Waals surface area contributed by atoms with Crippen LogP contribution in [0.1, 0.15) is 25.0 Å². The molecule has 0 saturated carbocycles. The molecule has 0 aromatic heterocycles. The molecule has 8 heteroatoms. The lowest BCUT2D eigenvalue weighted by atomic mass is 10.0. The molecule has 2 heterocycles. The number of para-hydroxylation sites is 1. The molecule has 0 spiro atoms. The zero-order chi connectivity index (χ0) is 23.9. The van der Waals surface area contributed by atoms with Gasteiger partial charge >= 0.3 is 0 Å². The first-order valence-corrected chi connectivity index (χ1v) is 12.1. The van der Waals surface area contributed by atoms with Crippen molar-refractivity contribution in [2.45, 2.75) is 13.8 Å². The Labute approximate surface area is 214 Å². The second kappa shape index (κ2) is 12.9. The van der Waals surface area contributed by atoms with Crippen LogP contribution in [0, 0.1) is 0 Å². The molecule has 35 heavy (non-hydrogen) atoms. The van der Waals surface area contributed by atoms with Crippen LogP contribution >= 0.6 is 12.4 Å². The van der Waals surface area contributed by atoms with Crippen LogP contribution in [0.15, 0.2) is 42.5 Å². The highest BCUT2D eigenvalue weighted by molar-refractivity contribution is 6.35. The number of amides is 1. The Kier molecular flexibility index (Phi) is 9.98. The highest BCUT2D eigenvalue weighted by atomic mass is 35.5. The van der Waals surface area contributed by atoms with Gasteiger partial charge in [-0.1, -0.05) is 32.0 Å². The molecule has 2 aromatic carbocycles. The largest absolute Gasteiger partial charge is 0.496 e. The van der Waals surface area contributed by atoms with Gasteiger partial charge in [0.05, 0.1) is 32.7 Å². The summed E-state index contributed by atoms with van der Waals surface area (Å²) >= 11 is 0. The van der Waals surface area contributed by atoms with Crippen molar-refractivity contribution in [1.29, 1.82) is 0 Å². The van der Waals surface area contributed by atoms with E-state index in [2.05, 4.69) is 23.6 Å².